The van der Waals surface area contributed by atoms with E-state index in [1.807, 2.05) is 0 Å². The molecule has 4 aromatic rings. The standard InChI is InChI=1S/C33H37N9O4S/c1-18(22-7-5-12-41(22)2)45-26-14-25(42-13-9-24(39-42)36-32(43)19-16-44-17-19)37-31(38-26)28-20-6-3-10-33(29(20)46-40-28)11-4-8-23-27(33)21(15-34)30(35)47-23/h9,13-14,18-19,22H,3-8,10-12,16-17,35H2,1-2H3,(H,36,39,43)/t18-,22-,33?/m0/s1. The maximum atomic E-state index is 12.5. The number of anilines is 2. The van der Waals surface area contributed by atoms with Crippen molar-refractivity contribution in [3.63, 3.8) is 0 Å². The molecule has 2 aliphatic carbocycles. The molecule has 1 amide bonds. The van der Waals surface area contributed by atoms with E-state index < -0.39 is 5.41 Å². The van der Waals surface area contributed by atoms with Gasteiger partial charge in [-0.2, -0.15) is 10.2 Å². The number of nitrogens with one attached hydrogen (secondary N) is 1. The van der Waals surface area contributed by atoms with Crippen LogP contribution >= 0.6 is 11.3 Å². The Kier molecular flexibility index (Phi) is 7.50. The van der Waals surface area contributed by atoms with Crippen molar-refractivity contribution in [3.8, 4) is 29.3 Å². The topological polar surface area (TPSA) is 170 Å². The summed E-state index contributed by atoms with van der Waals surface area (Å²) in [5.41, 5.74) is 9.01. The number of rotatable bonds is 7. The zero-order chi connectivity index (χ0) is 32.3. The fourth-order valence-corrected chi connectivity index (χ4v) is 9.01. The van der Waals surface area contributed by atoms with Crippen LogP contribution in [-0.2, 0) is 27.8 Å². The summed E-state index contributed by atoms with van der Waals surface area (Å²) in [6, 6.07) is 6.15. The monoisotopic (exact) mass is 655 g/mol. The molecule has 0 bridgehead atoms. The number of amides is 1. The number of fused-ring (bicyclic) bond motifs is 4. The minimum atomic E-state index is -0.454. The number of aromatic nitrogens is 5. The number of nitriles is 1. The molecule has 4 aromatic heterocycles. The molecule has 2 aliphatic heterocycles. The molecular weight excluding hydrogens is 618 g/mol. The van der Waals surface area contributed by atoms with E-state index in [9.17, 15) is 10.1 Å². The Morgan fingerprint density at radius 2 is 2.09 bits per heavy atom. The van der Waals surface area contributed by atoms with Crippen LogP contribution in [0.1, 0.15) is 72.8 Å². The number of nitrogens with two attached hydrogens (primary N) is 1. The Labute approximate surface area is 276 Å². The van der Waals surface area contributed by atoms with Gasteiger partial charge in [-0.1, -0.05) is 5.16 Å². The number of ether oxygens (including phenoxy) is 2. The molecule has 6 heterocycles. The zero-order valence-corrected chi connectivity index (χ0v) is 27.3. The van der Waals surface area contributed by atoms with Gasteiger partial charge in [-0.05, 0) is 77.4 Å². The molecule has 3 atom stereocenters. The van der Waals surface area contributed by atoms with Crippen LogP contribution in [-0.4, -0.2) is 74.7 Å². The van der Waals surface area contributed by atoms with E-state index in [4.69, 9.17) is 29.7 Å². The first-order valence-corrected chi connectivity index (χ1v) is 17.2. The van der Waals surface area contributed by atoms with Crippen LogP contribution in [0.3, 0.4) is 0 Å². The van der Waals surface area contributed by atoms with E-state index in [-0.39, 0.29) is 24.0 Å². The second-order valence-corrected chi connectivity index (χ2v) is 14.3. The average molecular weight is 656 g/mol. The van der Waals surface area contributed by atoms with Crippen LogP contribution < -0.4 is 15.8 Å². The minimum Gasteiger partial charge on any atom is -0.473 e. The number of hydrogen-bond donors (Lipinski definition) is 2. The number of aryl methyl sites for hydroxylation is 1. The first-order chi connectivity index (χ1) is 22.8. The van der Waals surface area contributed by atoms with E-state index >= 15 is 0 Å². The Balaban J connectivity index is 1.19. The first-order valence-electron chi connectivity index (χ1n) is 16.4. The summed E-state index contributed by atoms with van der Waals surface area (Å²) in [6.07, 6.45) is 9.09. The first kappa shape index (κ1) is 30.0. The van der Waals surface area contributed by atoms with Crippen molar-refractivity contribution in [2.24, 2.45) is 5.92 Å². The van der Waals surface area contributed by atoms with E-state index in [1.54, 1.807) is 23.0 Å². The molecule has 1 spiro atoms. The van der Waals surface area contributed by atoms with Gasteiger partial charge in [0.25, 0.3) is 0 Å². The summed E-state index contributed by atoms with van der Waals surface area (Å²) in [5, 5.41) is 22.7. The lowest BCUT2D eigenvalue weighted by molar-refractivity contribution is -0.133. The SMILES string of the molecule is C[C@H](Oc1cc(-n2ccc(NC(=O)C3COC3)n2)nc(-c2noc3c2CCCC32CCCc3sc(N)c(C#N)c32)n1)[C@@H]1CCCN1C. The van der Waals surface area contributed by atoms with Crippen molar-refractivity contribution in [1.29, 1.82) is 5.26 Å². The van der Waals surface area contributed by atoms with E-state index in [2.05, 4.69) is 40.5 Å². The maximum absolute atomic E-state index is 12.5. The molecule has 47 heavy (non-hydrogen) atoms. The molecule has 1 unspecified atom stereocenters. The number of carbonyl (C=O) groups is 1. The lowest BCUT2D eigenvalue weighted by atomic mass is 9.63. The molecule has 14 heteroatoms. The third-order valence-electron chi connectivity index (χ3n) is 10.3. The van der Waals surface area contributed by atoms with E-state index in [0.29, 0.717) is 52.8 Å². The third-order valence-corrected chi connectivity index (χ3v) is 11.3. The van der Waals surface area contributed by atoms with Gasteiger partial charge in [-0.3, -0.25) is 9.69 Å². The number of nitrogen functional groups attached to an aromatic ring is 1. The summed E-state index contributed by atoms with van der Waals surface area (Å²) in [6.45, 7) is 3.94. The van der Waals surface area contributed by atoms with Gasteiger partial charge in [-0.25, -0.2) is 9.67 Å². The molecule has 2 saturated heterocycles. The number of carbonyl (C=O) groups excluding carboxylic acids is 1. The summed E-state index contributed by atoms with van der Waals surface area (Å²) >= 11 is 1.52. The molecule has 0 radical (unpaired) electrons. The smallest absolute Gasteiger partial charge is 0.233 e. The largest absolute Gasteiger partial charge is 0.473 e. The highest BCUT2D eigenvalue weighted by Gasteiger charge is 2.49. The summed E-state index contributed by atoms with van der Waals surface area (Å²) in [7, 11) is 2.12. The van der Waals surface area contributed by atoms with E-state index in [0.717, 1.165) is 74.8 Å². The van der Waals surface area contributed by atoms with Crippen LogP contribution in [0.2, 0.25) is 0 Å². The van der Waals surface area contributed by atoms with Crippen LogP contribution in [0.5, 0.6) is 5.88 Å². The molecule has 3 N–H and O–H groups in total. The van der Waals surface area contributed by atoms with Crippen molar-refractivity contribution in [1.82, 2.24) is 29.8 Å². The highest BCUT2D eigenvalue weighted by Crippen LogP contribution is 2.55. The van der Waals surface area contributed by atoms with Gasteiger partial charge in [0.05, 0.1) is 30.1 Å². The van der Waals surface area contributed by atoms with Gasteiger partial charge in [-0.15, -0.1) is 16.4 Å². The lowest BCUT2D eigenvalue weighted by Gasteiger charge is -2.39. The minimum absolute atomic E-state index is 0.112. The fraction of sp³-hybridized carbons (Fsp3) is 0.515. The van der Waals surface area contributed by atoms with Crippen LogP contribution in [0, 0.1) is 17.2 Å². The van der Waals surface area contributed by atoms with Crippen molar-refractivity contribution in [2.75, 3.05) is 37.9 Å². The van der Waals surface area contributed by atoms with Crippen molar-refractivity contribution < 1.29 is 18.8 Å². The number of hydrogen-bond acceptors (Lipinski definition) is 12. The Hall–Kier alpha value is -4.32. The van der Waals surface area contributed by atoms with Gasteiger partial charge in [0.2, 0.25) is 11.8 Å². The van der Waals surface area contributed by atoms with Crippen molar-refractivity contribution in [2.45, 2.75) is 75.9 Å². The number of nitrogens with zero attached hydrogens (tertiary/aromatic N) is 7. The van der Waals surface area contributed by atoms with Gasteiger partial charge in [0, 0.05) is 34.8 Å². The van der Waals surface area contributed by atoms with Crippen molar-refractivity contribution in [3.05, 3.63) is 45.7 Å². The normalized spacial score (nSPS) is 23.1. The zero-order valence-electron chi connectivity index (χ0n) is 26.5. The summed E-state index contributed by atoms with van der Waals surface area (Å²) in [5.74, 6) is 2.18. The Morgan fingerprint density at radius 3 is 2.83 bits per heavy atom. The lowest BCUT2D eigenvalue weighted by Crippen LogP contribution is -2.38. The number of likely N-dealkylation sites (tertiary alicyclic amines) is 1. The van der Waals surface area contributed by atoms with Gasteiger partial charge < -0.3 is 25.0 Å². The fourth-order valence-electron chi connectivity index (χ4n) is 7.84. The molecule has 13 nitrogen and oxygen atoms in total. The summed E-state index contributed by atoms with van der Waals surface area (Å²) < 4.78 is 19.5. The average Bonchev–Trinajstić information content (AvgIpc) is 3.82. The highest BCUT2D eigenvalue weighted by atomic mass is 32.1. The predicted molar refractivity (Wildman–Crippen MR) is 173 cm³/mol. The highest BCUT2D eigenvalue weighted by molar-refractivity contribution is 7.16. The van der Waals surface area contributed by atoms with Crippen LogP contribution in [0.25, 0.3) is 17.3 Å². The molecule has 8 rings (SSSR count). The second kappa shape index (κ2) is 11.7. The Morgan fingerprint density at radius 1 is 1.26 bits per heavy atom. The molecular formula is C33H37N9O4S. The van der Waals surface area contributed by atoms with Gasteiger partial charge in [0.15, 0.2) is 28.9 Å². The second-order valence-electron chi connectivity index (χ2n) is 13.1. The quantitative estimate of drug-likeness (QED) is 0.292. The molecule has 0 aromatic carbocycles. The molecule has 244 valence electrons. The van der Waals surface area contributed by atoms with Crippen LogP contribution in [0.4, 0.5) is 10.8 Å². The van der Waals surface area contributed by atoms with E-state index in [1.165, 1.54) is 16.2 Å². The summed E-state index contributed by atoms with van der Waals surface area (Å²) in [4.78, 5) is 25.8. The molecule has 0 saturated carbocycles. The molecule has 2 fully saturated rings. The van der Waals surface area contributed by atoms with Gasteiger partial charge in [0.1, 0.15) is 17.2 Å². The predicted octanol–water partition coefficient (Wildman–Crippen LogP) is 4.24. The number of likely N-dealkylation sites (N-methyl/N-ethyl adjacent to an activating group) is 1. The third kappa shape index (κ3) is 5.08. The van der Waals surface area contributed by atoms with Crippen molar-refractivity contribution >= 4 is 28.1 Å². The number of thiophene rings is 1. The van der Waals surface area contributed by atoms with Gasteiger partial charge >= 0.3 is 0 Å². The van der Waals surface area contributed by atoms with Crippen LogP contribution in [0.15, 0.2) is 22.9 Å². The maximum Gasteiger partial charge on any atom is 0.233 e. The molecule has 4 aliphatic rings. The Bertz CT molecular complexity index is 1880.